The highest BCUT2D eigenvalue weighted by molar-refractivity contribution is 5.90. The molecule has 74 valence electrons. The predicted molar refractivity (Wildman–Crippen MR) is 53.5 cm³/mol. The van der Waals surface area contributed by atoms with Gasteiger partial charge in [0.2, 0.25) is 0 Å². The molecule has 2 N–H and O–H groups in total. The van der Waals surface area contributed by atoms with Crippen molar-refractivity contribution in [3.63, 3.8) is 0 Å². The van der Waals surface area contributed by atoms with Crippen molar-refractivity contribution in [3.05, 3.63) is 34.9 Å². The van der Waals surface area contributed by atoms with Crippen molar-refractivity contribution in [1.29, 1.82) is 0 Å². The molecule has 0 bridgehead atoms. The summed E-state index contributed by atoms with van der Waals surface area (Å²) in [6.07, 6.45) is 0.917. The van der Waals surface area contributed by atoms with Crippen LogP contribution < -0.4 is 5.32 Å². The lowest BCUT2D eigenvalue weighted by molar-refractivity contribution is 0.0694. The van der Waals surface area contributed by atoms with Gasteiger partial charge in [0.05, 0.1) is 5.56 Å². The number of hydrogen-bond acceptors (Lipinski definition) is 2. The Morgan fingerprint density at radius 1 is 1.57 bits per heavy atom. The third-order valence-corrected chi connectivity index (χ3v) is 2.70. The van der Waals surface area contributed by atoms with Gasteiger partial charge < -0.3 is 10.4 Å². The third-order valence-electron chi connectivity index (χ3n) is 2.70. The Hall–Kier alpha value is -1.35. The van der Waals surface area contributed by atoms with Crippen LogP contribution in [0.5, 0.6) is 0 Å². The molecule has 0 amide bonds. The normalized spacial score (nSPS) is 20.2. The zero-order valence-electron chi connectivity index (χ0n) is 8.08. The van der Waals surface area contributed by atoms with Crippen molar-refractivity contribution >= 4 is 5.97 Å². The summed E-state index contributed by atoms with van der Waals surface area (Å²) in [7, 11) is 0. The van der Waals surface area contributed by atoms with E-state index in [1.54, 1.807) is 6.07 Å². The molecule has 0 unspecified atom stereocenters. The maximum Gasteiger partial charge on any atom is 0.336 e. The number of fused-ring (bicyclic) bond motifs is 1. The first-order chi connectivity index (χ1) is 6.70. The molecular formula is C11H13NO2. The second-order valence-electron chi connectivity index (χ2n) is 3.61. The number of aromatic carboxylic acids is 1. The molecule has 1 aromatic rings. The minimum absolute atomic E-state index is 0.144. The van der Waals surface area contributed by atoms with Crippen LogP contribution in [-0.4, -0.2) is 17.6 Å². The number of benzene rings is 1. The number of nitrogens with one attached hydrogen (secondary N) is 1. The Morgan fingerprint density at radius 3 is 3.07 bits per heavy atom. The smallest absolute Gasteiger partial charge is 0.336 e. The third kappa shape index (κ3) is 1.40. The average Bonchev–Trinajstić information content (AvgIpc) is 2.17. The summed E-state index contributed by atoms with van der Waals surface area (Å²) < 4.78 is 0. The molecule has 2 rings (SSSR count). The summed E-state index contributed by atoms with van der Waals surface area (Å²) in [6.45, 7) is 2.93. The fourth-order valence-electron chi connectivity index (χ4n) is 2.05. The van der Waals surface area contributed by atoms with Crippen molar-refractivity contribution < 1.29 is 9.90 Å². The molecule has 1 atom stereocenters. The maximum atomic E-state index is 11.0. The van der Waals surface area contributed by atoms with Crippen molar-refractivity contribution in [2.45, 2.75) is 19.4 Å². The first kappa shape index (κ1) is 9.21. The number of hydrogen-bond donors (Lipinski definition) is 2. The molecule has 1 aromatic carbocycles. The standard InChI is InChI=1S/C11H13NO2/c1-7-10-8(5-6-12-7)3-2-4-9(10)11(13)14/h2-4,7,12H,5-6H2,1H3,(H,13,14)/t7-/m0/s1. The van der Waals surface area contributed by atoms with Crippen LogP contribution in [0.4, 0.5) is 0 Å². The van der Waals surface area contributed by atoms with Crippen molar-refractivity contribution in [2.24, 2.45) is 0 Å². The van der Waals surface area contributed by atoms with Gasteiger partial charge in [0.1, 0.15) is 0 Å². The maximum absolute atomic E-state index is 11.0. The quantitative estimate of drug-likeness (QED) is 0.708. The Labute approximate surface area is 82.8 Å². The molecule has 0 aromatic heterocycles. The SMILES string of the molecule is C[C@@H]1NCCc2cccc(C(=O)O)c21. The number of carbonyl (C=O) groups is 1. The van der Waals surface area contributed by atoms with Crippen molar-refractivity contribution in [2.75, 3.05) is 6.54 Å². The lowest BCUT2D eigenvalue weighted by Crippen LogP contribution is -2.29. The summed E-state index contributed by atoms with van der Waals surface area (Å²) in [5.74, 6) is -0.836. The molecule has 1 aliphatic rings. The van der Waals surface area contributed by atoms with Crippen LogP contribution in [0.2, 0.25) is 0 Å². The highest BCUT2D eigenvalue weighted by Gasteiger charge is 2.21. The van der Waals surface area contributed by atoms with Crippen LogP contribution >= 0.6 is 0 Å². The molecular weight excluding hydrogens is 178 g/mol. The molecule has 0 spiro atoms. The minimum Gasteiger partial charge on any atom is -0.478 e. The van der Waals surface area contributed by atoms with Crippen molar-refractivity contribution in [1.82, 2.24) is 5.32 Å². The first-order valence-electron chi connectivity index (χ1n) is 4.78. The summed E-state index contributed by atoms with van der Waals surface area (Å²) in [5, 5.41) is 12.3. The van der Waals surface area contributed by atoms with Crippen molar-refractivity contribution in [3.8, 4) is 0 Å². The fourth-order valence-corrected chi connectivity index (χ4v) is 2.05. The van der Waals surface area contributed by atoms with Gasteiger partial charge in [-0.15, -0.1) is 0 Å². The Kier molecular flexibility index (Phi) is 2.25. The zero-order valence-corrected chi connectivity index (χ0v) is 8.08. The van der Waals surface area contributed by atoms with Gasteiger partial charge in [0, 0.05) is 6.04 Å². The highest BCUT2D eigenvalue weighted by atomic mass is 16.4. The zero-order chi connectivity index (χ0) is 10.1. The molecule has 0 aliphatic carbocycles. The number of carboxylic acid groups (broad SMARTS) is 1. The van der Waals surface area contributed by atoms with Crippen LogP contribution in [0.25, 0.3) is 0 Å². The van der Waals surface area contributed by atoms with E-state index >= 15 is 0 Å². The van der Waals surface area contributed by atoms with E-state index in [2.05, 4.69) is 5.32 Å². The molecule has 14 heavy (non-hydrogen) atoms. The number of rotatable bonds is 1. The Balaban J connectivity index is 2.57. The van der Waals surface area contributed by atoms with Crippen LogP contribution in [0.3, 0.4) is 0 Å². The number of carboxylic acids is 1. The largest absolute Gasteiger partial charge is 0.478 e. The summed E-state index contributed by atoms with van der Waals surface area (Å²) in [6, 6.07) is 5.65. The van der Waals surface area contributed by atoms with Gasteiger partial charge in [-0.05, 0) is 37.1 Å². The van der Waals surface area contributed by atoms with E-state index in [1.165, 1.54) is 0 Å². The van der Waals surface area contributed by atoms with E-state index in [1.807, 2.05) is 19.1 Å². The van der Waals surface area contributed by atoms with E-state index in [4.69, 9.17) is 5.11 Å². The highest BCUT2D eigenvalue weighted by Crippen LogP contribution is 2.26. The summed E-state index contributed by atoms with van der Waals surface area (Å²) >= 11 is 0. The lowest BCUT2D eigenvalue weighted by atomic mass is 9.91. The van der Waals surface area contributed by atoms with E-state index in [0.717, 1.165) is 24.1 Å². The van der Waals surface area contributed by atoms with Crippen LogP contribution in [-0.2, 0) is 6.42 Å². The second kappa shape index (κ2) is 3.42. The molecule has 3 heteroatoms. The molecule has 3 nitrogen and oxygen atoms in total. The second-order valence-corrected chi connectivity index (χ2v) is 3.61. The molecule has 0 fully saturated rings. The van der Waals surface area contributed by atoms with Gasteiger partial charge in [-0.1, -0.05) is 12.1 Å². The van der Waals surface area contributed by atoms with E-state index in [-0.39, 0.29) is 6.04 Å². The Morgan fingerprint density at radius 2 is 2.36 bits per heavy atom. The van der Waals surface area contributed by atoms with Gasteiger partial charge in [0.25, 0.3) is 0 Å². The minimum atomic E-state index is -0.836. The van der Waals surface area contributed by atoms with Gasteiger partial charge in [-0.3, -0.25) is 0 Å². The molecule has 1 aliphatic heterocycles. The average molecular weight is 191 g/mol. The fraction of sp³-hybridized carbons (Fsp3) is 0.364. The Bertz CT molecular complexity index is 374. The molecule has 0 saturated carbocycles. The summed E-state index contributed by atoms with van der Waals surface area (Å²) in [4.78, 5) is 11.0. The predicted octanol–water partition coefficient (Wildman–Crippen LogP) is 1.59. The first-order valence-corrected chi connectivity index (χ1v) is 4.78. The van der Waals surface area contributed by atoms with E-state index in [0.29, 0.717) is 5.56 Å². The van der Waals surface area contributed by atoms with Crippen LogP contribution in [0.1, 0.15) is 34.5 Å². The molecule has 1 heterocycles. The van der Waals surface area contributed by atoms with Gasteiger partial charge in [-0.25, -0.2) is 4.79 Å². The summed E-state index contributed by atoms with van der Waals surface area (Å²) in [5.41, 5.74) is 2.55. The lowest BCUT2D eigenvalue weighted by Gasteiger charge is -2.25. The van der Waals surface area contributed by atoms with Gasteiger partial charge in [0.15, 0.2) is 0 Å². The van der Waals surface area contributed by atoms with E-state index in [9.17, 15) is 4.79 Å². The molecule has 0 saturated heterocycles. The monoisotopic (exact) mass is 191 g/mol. The topological polar surface area (TPSA) is 49.3 Å². The van der Waals surface area contributed by atoms with Gasteiger partial charge in [-0.2, -0.15) is 0 Å². The van der Waals surface area contributed by atoms with Crippen LogP contribution in [0, 0.1) is 0 Å². The van der Waals surface area contributed by atoms with Gasteiger partial charge >= 0.3 is 5.97 Å². The molecule has 0 radical (unpaired) electrons. The van der Waals surface area contributed by atoms with E-state index < -0.39 is 5.97 Å². The van der Waals surface area contributed by atoms with Crippen LogP contribution in [0.15, 0.2) is 18.2 Å².